The van der Waals surface area contributed by atoms with Crippen molar-refractivity contribution in [3.8, 4) is 5.75 Å². The van der Waals surface area contributed by atoms with Crippen LogP contribution in [0.4, 0.5) is 0 Å². The number of benzene rings is 1. The van der Waals surface area contributed by atoms with E-state index in [1.54, 1.807) is 0 Å². The van der Waals surface area contributed by atoms with Gasteiger partial charge in [-0.2, -0.15) is 0 Å². The van der Waals surface area contributed by atoms with Crippen LogP contribution < -0.4 is 3.07 Å². The normalized spacial score (nSPS) is 12.4. The van der Waals surface area contributed by atoms with Gasteiger partial charge in [-0.05, 0) is 49.3 Å². The van der Waals surface area contributed by atoms with E-state index >= 15 is 0 Å². The fourth-order valence-electron chi connectivity index (χ4n) is 1.40. The van der Waals surface area contributed by atoms with Gasteiger partial charge in [0.05, 0.1) is 6.10 Å². The molecule has 0 aliphatic heterocycles. The molecule has 17 heavy (non-hydrogen) atoms. The lowest BCUT2D eigenvalue weighted by molar-refractivity contribution is 0.259. The van der Waals surface area contributed by atoms with Gasteiger partial charge < -0.3 is 6.13 Å². The van der Waals surface area contributed by atoms with Crippen LogP contribution in [0.3, 0.4) is 0 Å². The highest BCUT2D eigenvalue weighted by Gasteiger charge is 2.04. The molecule has 0 heterocycles. The summed E-state index contributed by atoms with van der Waals surface area (Å²) < 4.78 is 10.4. The third-order valence-electron chi connectivity index (χ3n) is 2.43. The second-order valence-electron chi connectivity index (χ2n) is 3.66. The van der Waals surface area contributed by atoms with Crippen LogP contribution in [0.1, 0.15) is 26.2 Å². The molecule has 5 heteroatoms. The summed E-state index contributed by atoms with van der Waals surface area (Å²) in [6, 6.07) is 8.20. The van der Waals surface area contributed by atoms with Gasteiger partial charge >= 0.3 is 0 Å². The van der Waals surface area contributed by atoms with Crippen molar-refractivity contribution in [2.24, 2.45) is 0 Å². The third kappa shape index (κ3) is 6.49. The second-order valence-corrected chi connectivity index (χ2v) is 5.78. The Bertz CT molecular complexity index is 302. The minimum absolute atomic E-state index is 0.408. The van der Waals surface area contributed by atoms with Gasteiger partial charge in [-0.1, -0.05) is 6.92 Å². The first-order chi connectivity index (χ1) is 8.30. The van der Waals surface area contributed by atoms with Crippen LogP contribution >= 0.6 is 57.8 Å². The smallest absolute Gasteiger partial charge is 0.192 e. The van der Waals surface area contributed by atoms with E-state index in [-0.39, 0.29) is 0 Å². The van der Waals surface area contributed by atoms with Crippen LogP contribution in [0.5, 0.6) is 5.75 Å². The summed E-state index contributed by atoms with van der Waals surface area (Å²) in [5, 5.41) is 0. The molecule has 0 spiro atoms. The van der Waals surface area contributed by atoms with Crippen molar-refractivity contribution in [2.75, 3.05) is 5.75 Å². The lowest BCUT2D eigenvalue weighted by Crippen LogP contribution is -2.05. The first-order valence-corrected chi connectivity index (χ1v) is 8.33. The number of halogens is 2. The van der Waals surface area contributed by atoms with Crippen molar-refractivity contribution in [3.05, 3.63) is 24.3 Å². The fourth-order valence-corrected chi connectivity index (χ4v) is 3.18. The SMILES string of the molecule is CCC(CCCSc1ccc(OI)cc1)OI. The Hall–Kier alpha value is 0.790. The Balaban J connectivity index is 2.21. The standard InChI is InChI=1S/C12H16I2O2S/c1-2-10(15-13)4-3-9-17-12-7-5-11(16-14)6-8-12/h5-8,10H,2-4,9H2,1H3. The van der Waals surface area contributed by atoms with E-state index in [0.717, 1.165) is 24.3 Å². The summed E-state index contributed by atoms with van der Waals surface area (Å²) in [7, 11) is 0. The molecule has 1 rings (SSSR count). The summed E-state index contributed by atoms with van der Waals surface area (Å²) in [5.41, 5.74) is 0. The third-order valence-corrected chi connectivity index (χ3v) is 4.76. The first-order valence-electron chi connectivity index (χ1n) is 5.59. The second kappa shape index (κ2) is 9.69. The Morgan fingerprint density at radius 1 is 1.24 bits per heavy atom. The van der Waals surface area contributed by atoms with Gasteiger partial charge in [0.2, 0.25) is 0 Å². The highest BCUT2D eigenvalue weighted by Crippen LogP contribution is 2.24. The van der Waals surface area contributed by atoms with Crippen LogP contribution in [0.15, 0.2) is 29.2 Å². The summed E-state index contributed by atoms with van der Waals surface area (Å²) in [4.78, 5) is 1.30. The molecule has 0 amide bonds. The van der Waals surface area contributed by atoms with Crippen molar-refractivity contribution in [1.82, 2.24) is 0 Å². The average Bonchev–Trinajstić information content (AvgIpc) is 2.40. The van der Waals surface area contributed by atoms with Crippen LogP contribution in [0.2, 0.25) is 0 Å². The van der Waals surface area contributed by atoms with E-state index < -0.39 is 0 Å². The molecule has 2 nitrogen and oxygen atoms in total. The molecule has 0 bridgehead atoms. The van der Waals surface area contributed by atoms with Crippen molar-refractivity contribution in [1.29, 1.82) is 0 Å². The van der Waals surface area contributed by atoms with Gasteiger partial charge in [0, 0.05) is 4.90 Å². The van der Waals surface area contributed by atoms with E-state index in [1.807, 2.05) is 69.9 Å². The number of thioether (sulfide) groups is 1. The summed E-state index contributed by atoms with van der Waals surface area (Å²) in [5.74, 6) is 2.04. The van der Waals surface area contributed by atoms with Gasteiger partial charge in [0.15, 0.2) is 23.0 Å². The van der Waals surface area contributed by atoms with Crippen molar-refractivity contribution >= 4 is 57.8 Å². The number of hydrogen-bond donors (Lipinski definition) is 0. The predicted octanol–water partition coefficient (Wildman–Crippen LogP) is 5.43. The molecular weight excluding hydrogens is 462 g/mol. The maximum Gasteiger partial charge on any atom is 0.192 e. The van der Waals surface area contributed by atoms with Gasteiger partial charge in [-0.25, -0.2) is 0 Å². The van der Waals surface area contributed by atoms with Gasteiger partial charge in [-0.15, -0.1) is 11.8 Å². The van der Waals surface area contributed by atoms with E-state index in [0.29, 0.717) is 6.10 Å². The summed E-state index contributed by atoms with van der Waals surface area (Å²) in [6.07, 6.45) is 3.83. The lowest BCUT2D eigenvalue weighted by Gasteiger charge is -2.10. The molecule has 1 atom stereocenters. The van der Waals surface area contributed by atoms with Crippen LogP contribution in [-0.4, -0.2) is 11.9 Å². The molecule has 1 aromatic rings. The molecule has 0 aromatic heterocycles. The topological polar surface area (TPSA) is 18.5 Å². The fraction of sp³-hybridized carbons (Fsp3) is 0.500. The summed E-state index contributed by atoms with van der Waals surface area (Å²) >= 11 is 5.78. The minimum atomic E-state index is 0.408. The zero-order valence-corrected chi connectivity index (χ0v) is 14.8. The van der Waals surface area contributed by atoms with E-state index in [9.17, 15) is 0 Å². The van der Waals surface area contributed by atoms with Crippen molar-refractivity contribution < 1.29 is 6.13 Å². The minimum Gasteiger partial charge on any atom is -0.428 e. The molecule has 0 fully saturated rings. The maximum atomic E-state index is 5.33. The van der Waals surface area contributed by atoms with Crippen molar-refractivity contribution in [2.45, 2.75) is 37.2 Å². The predicted molar refractivity (Wildman–Crippen MR) is 90.2 cm³/mol. The van der Waals surface area contributed by atoms with E-state index in [2.05, 4.69) is 19.1 Å². The molecule has 1 aromatic carbocycles. The Labute approximate surface area is 136 Å². The quantitative estimate of drug-likeness (QED) is 0.282. The van der Waals surface area contributed by atoms with Gasteiger partial charge in [0.1, 0.15) is 28.8 Å². The monoisotopic (exact) mass is 478 g/mol. The van der Waals surface area contributed by atoms with Crippen LogP contribution in [0, 0.1) is 0 Å². The molecular formula is C12H16I2O2S. The molecule has 0 saturated heterocycles. The van der Waals surface area contributed by atoms with Crippen LogP contribution in [0.25, 0.3) is 0 Å². The molecule has 96 valence electrons. The Kier molecular flexibility index (Phi) is 9.03. The first kappa shape index (κ1) is 15.8. The van der Waals surface area contributed by atoms with Gasteiger partial charge in [0.25, 0.3) is 0 Å². The molecule has 0 radical (unpaired) electrons. The molecule has 0 aliphatic carbocycles. The molecule has 0 aliphatic rings. The zero-order chi connectivity index (χ0) is 12.5. The largest absolute Gasteiger partial charge is 0.428 e. The number of rotatable bonds is 8. The zero-order valence-electron chi connectivity index (χ0n) is 9.70. The Morgan fingerprint density at radius 2 is 1.94 bits per heavy atom. The summed E-state index contributed by atoms with van der Waals surface area (Å²) in [6.45, 7) is 2.17. The van der Waals surface area contributed by atoms with Crippen molar-refractivity contribution in [3.63, 3.8) is 0 Å². The molecule has 0 N–H and O–H groups in total. The maximum absolute atomic E-state index is 5.33. The van der Waals surface area contributed by atoms with Gasteiger partial charge in [-0.3, -0.25) is 0 Å². The average molecular weight is 478 g/mol. The Morgan fingerprint density at radius 3 is 2.47 bits per heavy atom. The highest BCUT2D eigenvalue weighted by molar-refractivity contribution is 14.1. The lowest BCUT2D eigenvalue weighted by atomic mass is 10.2. The van der Waals surface area contributed by atoms with E-state index in [1.165, 1.54) is 11.3 Å². The van der Waals surface area contributed by atoms with Crippen LogP contribution in [-0.2, 0) is 3.07 Å². The number of hydrogen-bond acceptors (Lipinski definition) is 3. The molecule has 0 saturated carbocycles. The molecule has 1 unspecified atom stereocenters. The highest BCUT2D eigenvalue weighted by atomic mass is 127. The van der Waals surface area contributed by atoms with E-state index in [4.69, 9.17) is 6.13 Å².